The number of esters is 1. The predicted molar refractivity (Wildman–Crippen MR) is 95.6 cm³/mol. The Morgan fingerprint density at radius 3 is 2.67 bits per heavy atom. The van der Waals surface area contributed by atoms with Gasteiger partial charge < -0.3 is 10.1 Å². The number of halogens is 1. The first-order valence-corrected chi connectivity index (χ1v) is 8.16. The maximum atomic E-state index is 12.1. The van der Waals surface area contributed by atoms with Crippen molar-refractivity contribution in [1.82, 2.24) is 5.32 Å². The average Bonchev–Trinajstić information content (AvgIpc) is 2.96. The van der Waals surface area contributed by atoms with Crippen LogP contribution in [-0.2, 0) is 11.3 Å². The Balaban J connectivity index is 1.60. The van der Waals surface area contributed by atoms with Crippen LogP contribution in [0.2, 0.25) is 5.02 Å². The van der Waals surface area contributed by atoms with Gasteiger partial charge in [-0.25, -0.2) is 4.79 Å². The number of hydrogen-bond donors (Lipinski definition) is 1. The maximum absolute atomic E-state index is 12.1. The third-order valence-corrected chi connectivity index (χ3v) is 4.03. The molecule has 0 amide bonds. The molecule has 1 aliphatic rings. The molecule has 1 heterocycles. The molecule has 1 aliphatic heterocycles. The summed E-state index contributed by atoms with van der Waals surface area (Å²) in [5, 5.41) is 3.97. The monoisotopic (exact) mass is 342 g/mol. The van der Waals surface area contributed by atoms with Crippen LogP contribution in [0.25, 0.3) is 0 Å². The van der Waals surface area contributed by atoms with Crippen molar-refractivity contribution in [2.24, 2.45) is 4.99 Å². The third-order valence-electron chi connectivity index (χ3n) is 3.78. The van der Waals surface area contributed by atoms with Crippen molar-refractivity contribution >= 4 is 23.4 Å². The third kappa shape index (κ3) is 3.77. The van der Waals surface area contributed by atoms with Gasteiger partial charge in [0.05, 0.1) is 17.6 Å². The lowest BCUT2D eigenvalue weighted by Crippen LogP contribution is -2.47. The van der Waals surface area contributed by atoms with Gasteiger partial charge in [-0.1, -0.05) is 35.9 Å². The zero-order valence-electron chi connectivity index (χ0n) is 13.7. The van der Waals surface area contributed by atoms with Crippen LogP contribution in [0, 0.1) is 0 Å². The summed E-state index contributed by atoms with van der Waals surface area (Å²) in [6, 6.07) is 14.8. The van der Waals surface area contributed by atoms with Crippen molar-refractivity contribution < 1.29 is 9.53 Å². The number of nitrogens with one attached hydrogen (secondary N) is 1. The van der Waals surface area contributed by atoms with Gasteiger partial charge in [0.2, 0.25) is 0 Å². The normalized spacial score (nSPS) is 13.2. The summed E-state index contributed by atoms with van der Waals surface area (Å²) in [5.41, 5.74) is 2.36. The van der Waals surface area contributed by atoms with Crippen LogP contribution in [0.4, 0.5) is 0 Å². The molecular formula is C19H19ClN2O2. The largest absolute Gasteiger partial charge is 0.460 e. The standard InChI is InChI=1S/C19H19ClN2O2/c1-19(2,12-24-18(23)13-7-9-15(20)10-8-13)22-17-16-6-4-3-5-14(16)11-21-17/h3-10H,11-12H2,1-2H3,(H,21,22). The molecule has 0 fully saturated rings. The molecule has 4 nitrogen and oxygen atoms in total. The molecule has 0 spiro atoms. The van der Waals surface area contributed by atoms with E-state index < -0.39 is 5.54 Å². The van der Waals surface area contributed by atoms with Gasteiger partial charge in [-0.3, -0.25) is 4.99 Å². The summed E-state index contributed by atoms with van der Waals surface area (Å²) >= 11 is 5.83. The van der Waals surface area contributed by atoms with Crippen molar-refractivity contribution in [3.05, 3.63) is 70.2 Å². The first kappa shape index (κ1) is 16.5. The number of aliphatic imine (C=N–C) groups is 1. The zero-order chi connectivity index (χ0) is 17.2. The van der Waals surface area contributed by atoms with Gasteiger partial charge in [0, 0.05) is 10.6 Å². The van der Waals surface area contributed by atoms with E-state index in [0.29, 0.717) is 17.1 Å². The Morgan fingerprint density at radius 1 is 1.21 bits per heavy atom. The van der Waals surface area contributed by atoms with Crippen molar-refractivity contribution in [1.29, 1.82) is 0 Å². The van der Waals surface area contributed by atoms with E-state index in [-0.39, 0.29) is 12.6 Å². The van der Waals surface area contributed by atoms with Crippen molar-refractivity contribution in [3.63, 3.8) is 0 Å². The topological polar surface area (TPSA) is 50.7 Å². The van der Waals surface area contributed by atoms with E-state index in [4.69, 9.17) is 16.3 Å². The van der Waals surface area contributed by atoms with Crippen LogP contribution in [0.3, 0.4) is 0 Å². The van der Waals surface area contributed by atoms with Crippen LogP contribution in [0.15, 0.2) is 53.5 Å². The molecule has 2 aromatic rings. The van der Waals surface area contributed by atoms with Gasteiger partial charge in [0.25, 0.3) is 0 Å². The number of ether oxygens (including phenoxy) is 1. The Kier molecular flexibility index (Phi) is 4.58. The number of fused-ring (bicyclic) bond motifs is 1. The summed E-state index contributed by atoms with van der Waals surface area (Å²) in [6.45, 7) is 4.87. The number of carbonyl (C=O) groups is 1. The quantitative estimate of drug-likeness (QED) is 0.859. The highest BCUT2D eigenvalue weighted by molar-refractivity contribution is 6.30. The minimum Gasteiger partial charge on any atom is -0.460 e. The highest BCUT2D eigenvalue weighted by Gasteiger charge is 2.25. The maximum Gasteiger partial charge on any atom is 0.338 e. The molecule has 124 valence electrons. The van der Waals surface area contributed by atoms with Gasteiger partial charge in [-0.15, -0.1) is 0 Å². The van der Waals surface area contributed by atoms with E-state index in [0.717, 1.165) is 11.4 Å². The molecule has 2 aromatic carbocycles. The highest BCUT2D eigenvalue weighted by Crippen LogP contribution is 2.19. The number of carbonyl (C=O) groups excluding carboxylic acids is 1. The van der Waals surface area contributed by atoms with Gasteiger partial charge >= 0.3 is 5.97 Å². The first-order valence-electron chi connectivity index (χ1n) is 7.78. The average molecular weight is 343 g/mol. The summed E-state index contributed by atoms with van der Waals surface area (Å²) in [4.78, 5) is 16.6. The summed E-state index contributed by atoms with van der Waals surface area (Å²) in [6.07, 6.45) is 0. The molecule has 0 saturated carbocycles. The molecule has 0 saturated heterocycles. The van der Waals surface area contributed by atoms with E-state index in [1.54, 1.807) is 24.3 Å². The summed E-state index contributed by atoms with van der Waals surface area (Å²) in [5.74, 6) is 0.480. The lowest BCUT2D eigenvalue weighted by atomic mass is 10.0. The van der Waals surface area contributed by atoms with E-state index in [1.165, 1.54) is 5.56 Å². The van der Waals surface area contributed by atoms with Crippen LogP contribution in [-0.4, -0.2) is 24.0 Å². The minimum atomic E-state index is -0.432. The van der Waals surface area contributed by atoms with E-state index in [2.05, 4.69) is 16.4 Å². The predicted octanol–water partition coefficient (Wildman–Crippen LogP) is 3.83. The van der Waals surface area contributed by atoms with E-state index in [1.807, 2.05) is 32.0 Å². The van der Waals surface area contributed by atoms with Crippen LogP contribution < -0.4 is 5.32 Å². The Labute approximate surface area is 146 Å². The van der Waals surface area contributed by atoms with Crippen LogP contribution >= 0.6 is 11.6 Å². The minimum absolute atomic E-state index is 0.232. The van der Waals surface area contributed by atoms with Gasteiger partial charge in [-0.05, 0) is 43.7 Å². The van der Waals surface area contributed by atoms with Crippen molar-refractivity contribution in [3.8, 4) is 0 Å². The highest BCUT2D eigenvalue weighted by atomic mass is 35.5. The fourth-order valence-electron chi connectivity index (χ4n) is 2.52. The van der Waals surface area contributed by atoms with Crippen molar-refractivity contribution in [2.45, 2.75) is 25.9 Å². The van der Waals surface area contributed by atoms with Gasteiger partial charge in [0.15, 0.2) is 0 Å². The number of hydrogen-bond acceptors (Lipinski definition) is 4. The molecular weight excluding hydrogens is 324 g/mol. The summed E-state index contributed by atoms with van der Waals surface area (Å²) in [7, 11) is 0. The lowest BCUT2D eigenvalue weighted by molar-refractivity contribution is 0.0417. The second-order valence-electron chi connectivity index (χ2n) is 6.41. The number of benzene rings is 2. The molecule has 3 rings (SSSR count). The molecule has 0 bridgehead atoms. The molecule has 0 atom stereocenters. The molecule has 0 radical (unpaired) electrons. The van der Waals surface area contributed by atoms with Crippen molar-refractivity contribution in [2.75, 3.05) is 6.61 Å². The zero-order valence-corrected chi connectivity index (χ0v) is 14.4. The number of nitrogens with zero attached hydrogens (tertiary/aromatic N) is 1. The molecule has 24 heavy (non-hydrogen) atoms. The van der Waals surface area contributed by atoms with Crippen LogP contribution in [0.1, 0.15) is 35.3 Å². The molecule has 0 aromatic heterocycles. The van der Waals surface area contributed by atoms with E-state index in [9.17, 15) is 4.79 Å². The Hall–Kier alpha value is -2.33. The van der Waals surface area contributed by atoms with E-state index >= 15 is 0 Å². The fourth-order valence-corrected chi connectivity index (χ4v) is 2.64. The number of rotatable bonds is 4. The molecule has 0 unspecified atom stereocenters. The molecule has 1 N–H and O–H groups in total. The molecule has 5 heteroatoms. The SMILES string of the molecule is CC(C)(COC(=O)c1ccc(Cl)cc1)NC1=NCc2ccccc21. The smallest absolute Gasteiger partial charge is 0.338 e. The molecule has 0 aliphatic carbocycles. The Morgan fingerprint density at radius 2 is 1.92 bits per heavy atom. The number of amidine groups is 1. The second-order valence-corrected chi connectivity index (χ2v) is 6.85. The second kappa shape index (κ2) is 6.65. The van der Waals surface area contributed by atoms with Crippen LogP contribution in [0.5, 0.6) is 0 Å². The Bertz CT molecular complexity index is 782. The lowest BCUT2D eigenvalue weighted by Gasteiger charge is -2.27. The fraction of sp³-hybridized carbons (Fsp3) is 0.263. The van der Waals surface area contributed by atoms with Gasteiger partial charge in [0.1, 0.15) is 12.4 Å². The first-order chi connectivity index (χ1) is 11.4. The van der Waals surface area contributed by atoms with Gasteiger partial charge in [-0.2, -0.15) is 0 Å². The summed E-state index contributed by atoms with van der Waals surface area (Å²) < 4.78 is 5.43.